The fraction of sp³-hybridized carbons (Fsp3) is 0.625. The zero-order valence-electron chi connectivity index (χ0n) is 11.9. The molecule has 1 fully saturated rings. The lowest BCUT2D eigenvalue weighted by Gasteiger charge is -2.43. The van der Waals surface area contributed by atoms with E-state index in [0.717, 1.165) is 24.3 Å². The van der Waals surface area contributed by atoms with Crippen LogP contribution in [0.5, 0.6) is 0 Å². The van der Waals surface area contributed by atoms with Crippen molar-refractivity contribution in [3.8, 4) is 0 Å². The quantitative estimate of drug-likeness (QED) is 0.814. The standard InChI is InChI=1S/C16H23Cl2N/c1-10-7-8-11(14(19)9-10)16(2,3)12-5-4-6-13(17)15(12)18/h4-6,10-11,14H,7-9,19H2,1-3H3. The Labute approximate surface area is 126 Å². The second-order valence-electron chi connectivity index (χ2n) is 6.51. The third-order valence-electron chi connectivity index (χ3n) is 4.73. The minimum Gasteiger partial charge on any atom is -0.327 e. The van der Waals surface area contributed by atoms with Crippen LogP contribution in [0.3, 0.4) is 0 Å². The van der Waals surface area contributed by atoms with E-state index in [1.165, 1.54) is 6.42 Å². The van der Waals surface area contributed by atoms with E-state index in [0.29, 0.717) is 16.0 Å². The topological polar surface area (TPSA) is 26.0 Å². The maximum absolute atomic E-state index is 6.40. The Morgan fingerprint density at radius 2 is 1.89 bits per heavy atom. The van der Waals surface area contributed by atoms with Gasteiger partial charge in [-0.05, 0) is 41.7 Å². The van der Waals surface area contributed by atoms with Crippen LogP contribution < -0.4 is 5.73 Å². The summed E-state index contributed by atoms with van der Waals surface area (Å²) in [6, 6.07) is 6.14. The van der Waals surface area contributed by atoms with E-state index in [1.807, 2.05) is 12.1 Å². The Morgan fingerprint density at radius 1 is 1.21 bits per heavy atom. The molecular formula is C16H23Cl2N. The van der Waals surface area contributed by atoms with Crippen molar-refractivity contribution in [3.05, 3.63) is 33.8 Å². The van der Waals surface area contributed by atoms with Crippen LogP contribution in [0, 0.1) is 11.8 Å². The van der Waals surface area contributed by atoms with Crippen LogP contribution in [0.1, 0.15) is 45.6 Å². The number of hydrogen-bond donors (Lipinski definition) is 1. The molecule has 3 unspecified atom stereocenters. The van der Waals surface area contributed by atoms with Crippen molar-refractivity contribution in [1.82, 2.24) is 0 Å². The molecule has 1 aliphatic carbocycles. The van der Waals surface area contributed by atoms with Gasteiger partial charge in [0.25, 0.3) is 0 Å². The van der Waals surface area contributed by atoms with Crippen LogP contribution in [0.15, 0.2) is 18.2 Å². The molecule has 0 bridgehead atoms. The normalized spacial score (nSPS) is 28.4. The molecule has 0 radical (unpaired) electrons. The smallest absolute Gasteiger partial charge is 0.0629 e. The highest BCUT2D eigenvalue weighted by Gasteiger charge is 2.39. The first kappa shape index (κ1) is 15.2. The molecule has 3 heteroatoms. The zero-order valence-corrected chi connectivity index (χ0v) is 13.4. The zero-order chi connectivity index (χ0) is 14.2. The SMILES string of the molecule is CC1CCC(C(C)(C)c2cccc(Cl)c2Cl)C(N)C1. The van der Waals surface area contributed by atoms with Gasteiger partial charge in [-0.25, -0.2) is 0 Å². The molecule has 1 aliphatic rings. The van der Waals surface area contributed by atoms with Crippen molar-refractivity contribution < 1.29 is 0 Å². The lowest BCUT2D eigenvalue weighted by Crippen LogP contribution is -2.45. The van der Waals surface area contributed by atoms with Crippen LogP contribution in [-0.2, 0) is 5.41 Å². The van der Waals surface area contributed by atoms with E-state index in [1.54, 1.807) is 0 Å². The summed E-state index contributed by atoms with van der Waals surface area (Å²) in [4.78, 5) is 0. The largest absolute Gasteiger partial charge is 0.327 e. The van der Waals surface area contributed by atoms with Gasteiger partial charge in [0.05, 0.1) is 10.0 Å². The second-order valence-corrected chi connectivity index (χ2v) is 7.30. The van der Waals surface area contributed by atoms with Gasteiger partial charge in [-0.2, -0.15) is 0 Å². The lowest BCUT2D eigenvalue weighted by molar-refractivity contribution is 0.171. The summed E-state index contributed by atoms with van der Waals surface area (Å²) in [5.41, 5.74) is 7.49. The average molecular weight is 300 g/mol. The van der Waals surface area contributed by atoms with E-state index >= 15 is 0 Å². The van der Waals surface area contributed by atoms with Crippen LogP contribution in [0.2, 0.25) is 10.0 Å². The van der Waals surface area contributed by atoms with E-state index < -0.39 is 0 Å². The van der Waals surface area contributed by atoms with Gasteiger partial charge in [0, 0.05) is 6.04 Å². The molecule has 2 N–H and O–H groups in total. The molecule has 3 atom stereocenters. The highest BCUT2D eigenvalue weighted by atomic mass is 35.5. The molecule has 0 saturated heterocycles. The van der Waals surface area contributed by atoms with Gasteiger partial charge in [0.1, 0.15) is 0 Å². The summed E-state index contributed by atoms with van der Waals surface area (Å²) in [6.45, 7) is 6.77. The number of nitrogens with two attached hydrogens (primary N) is 1. The Kier molecular flexibility index (Phi) is 4.49. The van der Waals surface area contributed by atoms with Crippen LogP contribution in [0.4, 0.5) is 0 Å². The molecule has 1 saturated carbocycles. The Bertz CT molecular complexity index is 456. The molecule has 0 heterocycles. The van der Waals surface area contributed by atoms with Gasteiger partial charge in [-0.15, -0.1) is 0 Å². The number of benzene rings is 1. The summed E-state index contributed by atoms with van der Waals surface area (Å²) < 4.78 is 0. The fourth-order valence-electron chi connectivity index (χ4n) is 3.52. The maximum atomic E-state index is 6.40. The summed E-state index contributed by atoms with van der Waals surface area (Å²) >= 11 is 12.6. The summed E-state index contributed by atoms with van der Waals surface area (Å²) in [7, 11) is 0. The van der Waals surface area contributed by atoms with Crippen molar-refractivity contribution in [3.63, 3.8) is 0 Å². The third kappa shape index (κ3) is 2.94. The molecule has 1 nitrogen and oxygen atoms in total. The molecule has 0 aliphatic heterocycles. The predicted octanol–water partition coefficient (Wildman–Crippen LogP) is 5.03. The Morgan fingerprint density at radius 3 is 2.53 bits per heavy atom. The van der Waals surface area contributed by atoms with Crippen molar-refractivity contribution in [2.75, 3.05) is 0 Å². The first-order chi connectivity index (χ1) is 8.84. The van der Waals surface area contributed by atoms with Gasteiger partial charge in [-0.1, -0.05) is 62.5 Å². The molecule has 0 spiro atoms. The van der Waals surface area contributed by atoms with Crippen molar-refractivity contribution >= 4 is 23.2 Å². The van der Waals surface area contributed by atoms with Crippen molar-refractivity contribution in [2.24, 2.45) is 17.6 Å². The molecular weight excluding hydrogens is 277 g/mol. The molecule has 1 aromatic carbocycles. The van der Waals surface area contributed by atoms with E-state index in [4.69, 9.17) is 28.9 Å². The van der Waals surface area contributed by atoms with Gasteiger partial charge in [0.15, 0.2) is 0 Å². The maximum Gasteiger partial charge on any atom is 0.0629 e. The second kappa shape index (κ2) is 5.63. The molecule has 0 amide bonds. The summed E-state index contributed by atoms with van der Waals surface area (Å²) in [5, 5.41) is 1.31. The number of rotatable bonds is 2. The minimum atomic E-state index is -0.0401. The monoisotopic (exact) mass is 299 g/mol. The van der Waals surface area contributed by atoms with Crippen molar-refractivity contribution in [2.45, 2.75) is 51.5 Å². The highest BCUT2D eigenvalue weighted by molar-refractivity contribution is 6.42. The van der Waals surface area contributed by atoms with Gasteiger partial charge >= 0.3 is 0 Å². The lowest BCUT2D eigenvalue weighted by atomic mass is 9.64. The number of hydrogen-bond acceptors (Lipinski definition) is 1. The van der Waals surface area contributed by atoms with Crippen LogP contribution >= 0.6 is 23.2 Å². The molecule has 0 aromatic heterocycles. The van der Waals surface area contributed by atoms with E-state index in [9.17, 15) is 0 Å². The van der Waals surface area contributed by atoms with E-state index in [-0.39, 0.29) is 11.5 Å². The first-order valence-electron chi connectivity index (χ1n) is 7.04. The van der Waals surface area contributed by atoms with Crippen LogP contribution in [0.25, 0.3) is 0 Å². The van der Waals surface area contributed by atoms with Crippen molar-refractivity contribution in [1.29, 1.82) is 0 Å². The minimum absolute atomic E-state index is 0.0401. The summed E-state index contributed by atoms with van der Waals surface area (Å²) in [5.74, 6) is 1.19. The van der Waals surface area contributed by atoms with Gasteiger partial charge in [-0.3, -0.25) is 0 Å². The molecule has 106 valence electrons. The Hall–Kier alpha value is -0.240. The number of halogens is 2. The van der Waals surface area contributed by atoms with Crippen LogP contribution in [-0.4, -0.2) is 6.04 Å². The van der Waals surface area contributed by atoms with Gasteiger partial charge in [0.2, 0.25) is 0 Å². The molecule has 2 rings (SSSR count). The summed E-state index contributed by atoms with van der Waals surface area (Å²) in [6.07, 6.45) is 3.52. The molecule has 19 heavy (non-hydrogen) atoms. The fourth-order valence-corrected chi connectivity index (χ4v) is 4.07. The van der Waals surface area contributed by atoms with E-state index in [2.05, 4.69) is 26.8 Å². The Balaban J connectivity index is 2.33. The first-order valence-corrected chi connectivity index (χ1v) is 7.79. The average Bonchev–Trinajstić information content (AvgIpc) is 2.31. The third-order valence-corrected chi connectivity index (χ3v) is 5.55. The highest BCUT2D eigenvalue weighted by Crippen LogP contribution is 2.45. The predicted molar refractivity (Wildman–Crippen MR) is 84.0 cm³/mol. The van der Waals surface area contributed by atoms with Gasteiger partial charge < -0.3 is 5.73 Å². The molecule has 1 aromatic rings.